The fraction of sp³-hybridized carbons (Fsp3) is 0.158. The fourth-order valence-corrected chi connectivity index (χ4v) is 2.33. The Morgan fingerprint density at radius 1 is 1.04 bits per heavy atom. The van der Waals surface area contributed by atoms with Crippen LogP contribution in [0, 0.1) is 0 Å². The highest BCUT2D eigenvalue weighted by atomic mass is 16.4. The molecule has 4 nitrogen and oxygen atoms in total. The Balaban J connectivity index is 2.18. The van der Waals surface area contributed by atoms with Gasteiger partial charge in [0.1, 0.15) is 0 Å². The van der Waals surface area contributed by atoms with Gasteiger partial charge in [-0.1, -0.05) is 48.5 Å². The smallest absolute Gasteiger partial charge is 0.303 e. The topological polar surface area (TPSA) is 80.4 Å². The third-order valence-corrected chi connectivity index (χ3v) is 3.57. The molecule has 0 aromatic heterocycles. The molecule has 0 heterocycles. The molecule has 0 fully saturated rings. The maximum atomic E-state index is 12.5. The molecule has 2 aromatic carbocycles. The summed E-state index contributed by atoms with van der Waals surface area (Å²) in [6.07, 6.45) is 3.46. The lowest BCUT2D eigenvalue weighted by Gasteiger charge is -2.13. The van der Waals surface area contributed by atoms with Gasteiger partial charge >= 0.3 is 5.97 Å². The number of benzene rings is 2. The minimum Gasteiger partial charge on any atom is -0.481 e. The maximum Gasteiger partial charge on any atom is 0.303 e. The molecule has 23 heavy (non-hydrogen) atoms. The van der Waals surface area contributed by atoms with E-state index in [1.54, 1.807) is 30.3 Å². The van der Waals surface area contributed by atoms with Crippen molar-refractivity contribution in [3.63, 3.8) is 0 Å². The van der Waals surface area contributed by atoms with Gasteiger partial charge in [-0.2, -0.15) is 0 Å². The molecule has 0 aliphatic rings. The summed E-state index contributed by atoms with van der Waals surface area (Å²) in [7, 11) is 0. The van der Waals surface area contributed by atoms with Crippen LogP contribution in [0.25, 0.3) is 6.08 Å². The number of rotatable bonds is 7. The van der Waals surface area contributed by atoms with Crippen molar-refractivity contribution in [2.45, 2.75) is 18.8 Å². The average molecular weight is 309 g/mol. The molecule has 0 amide bonds. The van der Waals surface area contributed by atoms with Gasteiger partial charge in [0.25, 0.3) is 0 Å². The summed E-state index contributed by atoms with van der Waals surface area (Å²) in [5.74, 6) is -1.50. The van der Waals surface area contributed by atoms with Crippen molar-refractivity contribution in [1.82, 2.24) is 0 Å². The summed E-state index contributed by atoms with van der Waals surface area (Å²) in [5.41, 5.74) is 7.98. The van der Waals surface area contributed by atoms with Crippen molar-refractivity contribution in [2.24, 2.45) is 0 Å². The summed E-state index contributed by atoms with van der Waals surface area (Å²) in [6, 6.07) is 16.5. The Bertz CT molecular complexity index is 690. The summed E-state index contributed by atoms with van der Waals surface area (Å²) in [4.78, 5) is 23.3. The van der Waals surface area contributed by atoms with Crippen molar-refractivity contribution in [2.75, 3.05) is 5.73 Å². The molecule has 2 rings (SSSR count). The highest BCUT2D eigenvalue weighted by molar-refractivity contribution is 5.98. The first-order chi connectivity index (χ1) is 11.1. The Labute approximate surface area is 135 Å². The summed E-state index contributed by atoms with van der Waals surface area (Å²) >= 11 is 0. The zero-order chi connectivity index (χ0) is 16.7. The zero-order valence-corrected chi connectivity index (χ0v) is 12.7. The highest BCUT2D eigenvalue weighted by Crippen LogP contribution is 2.24. The number of carboxylic acids is 1. The Morgan fingerprint density at radius 3 is 2.30 bits per heavy atom. The number of anilines is 1. The van der Waals surface area contributed by atoms with Crippen molar-refractivity contribution < 1.29 is 14.7 Å². The Hall–Kier alpha value is -2.88. The first-order valence-corrected chi connectivity index (χ1v) is 7.40. The lowest BCUT2D eigenvalue weighted by molar-refractivity contribution is -0.137. The van der Waals surface area contributed by atoms with Crippen LogP contribution in [0.2, 0.25) is 0 Å². The second kappa shape index (κ2) is 7.94. The largest absolute Gasteiger partial charge is 0.481 e. The van der Waals surface area contributed by atoms with Crippen molar-refractivity contribution in [3.8, 4) is 0 Å². The fourth-order valence-electron chi connectivity index (χ4n) is 2.33. The van der Waals surface area contributed by atoms with Crippen molar-refractivity contribution in [3.05, 3.63) is 71.8 Å². The van der Waals surface area contributed by atoms with Gasteiger partial charge < -0.3 is 10.8 Å². The van der Waals surface area contributed by atoms with Crippen LogP contribution >= 0.6 is 0 Å². The highest BCUT2D eigenvalue weighted by Gasteiger charge is 2.19. The average Bonchev–Trinajstić information content (AvgIpc) is 2.55. The molecule has 0 spiro atoms. The van der Waals surface area contributed by atoms with Crippen LogP contribution in [-0.2, 0) is 9.59 Å². The number of carbonyl (C=O) groups is 2. The van der Waals surface area contributed by atoms with Crippen molar-refractivity contribution >= 4 is 23.5 Å². The number of nitrogens with two attached hydrogens (primary N) is 1. The van der Waals surface area contributed by atoms with Crippen LogP contribution in [0.1, 0.15) is 29.9 Å². The van der Waals surface area contributed by atoms with Crippen LogP contribution in [0.5, 0.6) is 0 Å². The van der Waals surface area contributed by atoms with Gasteiger partial charge in [-0.3, -0.25) is 9.59 Å². The van der Waals surface area contributed by atoms with E-state index in [0.717, 1.165) is 11.1 Å². The molecule has 2 aromatic rings. The van der Waals surface area contributed by atoms with Crippen LogP contribution < -0.4 is 5.73 Å². The molecular weight excluding hydrogens is 290 g/mol. The molecule has 118 valence electrons. The Kier molecular flexibility index (Phi) is 5.69. The Morgan fingerprint density at radius 2 is 1.70 bits per heavy atom. The van der Waals surface area contributed by atoms with Crippen LogP contribution in [0.3, 0.4) is 0 Å². The van der Waals surface area contributed by atoms with E-state index in [2.05, 4.69) is 0 Å². The quantitative estimate of drug-likeness (QED) is 0.606. The number of hydrogen-bond acceptors (Lipinski definition) is 3. The van der Waals surface area contributed by atoms with E-state index in [1.165, 1.54) is 6.08 Å². The molecule has 4 heteroatoms. The van der Waals surface area contributed by atoms with E-state index in [-0.39, 0.29) is 18.6 Å². The number of nitrogen functional groups attached to an aromatic ring is 1. The van der Waals surface area contributed by atoms with Gasteiger partial charge in [-0.15, -0.1) is 0 Å². The SMILES string of the molecule is Nc1ccc(C(CCC(=O)O)C(=O)C=Cc2ccccc2)cc1. The van der Waals surface area contributed by atoms with Gasteiger partial charge in [-0.05, 0) is 35.8 Å². The molecule has 0 saturated heterocycles. The number of aliphatic carboxylic acids is 1. The number of hydrogen-bond donors (Lipinski definition) is 2. The number of allylic oxidation sites excluding steroid dienone is 1. The molecule has 0 saturated carbocycles. The van der Waals surface area contributed by atoms with E-state index in [1.807, 2.05) is 30.3 Å². The minimum atomic E-state index is -0.912. The molecule has 1 atom stereocenters. The van der Waals surface area contributed by atoms with Gasteiger partial charge in [-0.25, -0.2) is 0 Å². The van der Waals surface area contributed by atoms with Crippen molar-refractivity contribution in [1.29, 1.82) is 0 Å². The predicted molar refractivity (Wildman–Crippen MR) is 90.9 cm³/mol. The van der Waals surface area contributed by atoms with Gasteiger partial charge in [0.15, 0.2) is 5.78 Å². The monoisotopic (exact) mass is 309 g/mol. The normalized spacial score (nSPS) is 12.2. The van der Waals surface area contributed by atoms with Crippen LogP contribution in [0.15, 0.2) is 60.7 Å². The molecular formula is C19H19NO3. The second-order valence-corrected chi connectivity index (χ2v) is 5.30. The molecule has 1 unspecified atom stereocenters. The minimum absolute atomic E-state index is 0.0556. The molecule has 0 radical (unpaired) electrons. The second-order valence-electron chi connectivity index (χ2n) is 5.30. The van der Waals surface area contributed by atoms with Gasteiger partial charge in [0.05, 0.1) is 0 Å². The van der Waals surface area contributed by atoms with E-state index >= 15 is 0 Å². The standard InChI is InChI=1S/C19H19NO3/c20-16-9-7-15(8-10-16)17(11-13-19(22)23)18(21)12-6-14-4-2-1-3-5-14/h1-10,12,17H,11,13,20H2,(H,22,23). The van der Waals surface area contributed by atoms with Gasteiger partial charge in [0.2, 0.25) is 0 Å². The zero-order valence-electron chi connectivity index (χ0n) is 12.7. The van der Waals surface area contributed by atoms with Crippen LogP contribution in [-0.4, -0.2) is 16.9 Å². The number of ketones is 1. The molecule has 0 aliphatic heterocycles. The third kappa shape index (κ3) is 5.11. The predicted octanol–water partition coefficient (Wildman–Crippen LogP) is 3.50. The van der Waals surface area contributed by atoms with E-state index in [9.17, 15) is 9.59 Å². The summed E-state index contributed by atoms with van der Waals surface area (Å²) in [5, 5.41) is 8.89. The molecule has 3 N–H and O–H groups in total. The molecule has 0 bridgehead atoms. The third-order valence-electron chi connectivity index (χ3n) is 3.57. The lowest BCUT2D eigenvalue weighted by Crippen LogP contribution is -2.12. The first kappa shape index (κ1) is 16.5. The number of carbonyl (C=O) groups excluding carboxylic acids is 1. The summed E-state index contributed by atoms with van der Waals surface area (Å²) < 4.78 is 0. The maximum absolute atomic E-state index is 12.5. The lowest BCUT2D eigenvalue weighted by atomic mass is 9.89. The van der Waals surface area contributed by atoms with E-state index < -0.39 is 11.9 Å². The number of carboxylic acid groups (broad SMARTS) is 1. The summed E-state index contributed by atoms with van der Waals surface area (Å²) in [6.45, 7) is 0. The van der Waals surface area contributed by atoms with E-state index in [4.69, 9.17) is 10.8 Å². The van der Waals surface area contributed by atoms with Crippen LogP contribution in [0.4, 0.5) is 5.69 Å². The van der Waals surface area contributed by atoms with E-state index in [0.29, 0.717) is 5.69 Å². The molecule has 0 aliphatic carbocycles. The van der Waals surface area contributed by atoms with Gasteiger partial charge in [0, 0.05) is 18.0 Å². The first-order valence-electron chi connectivity index (χ1n) is 7.40.